The van der Waals surface area contributed by atoms with E-state index in [1.165, 1.54) is 11.1 Å². The molecule has 1 heterocycles. The molecule has 2 aromatic rings. The van der Waals surface area contributed by atoms with Crippen LogP contribution < -0.4 is 5.32 Å². The van der Waals surface area contributed by atoms with Crippen molar-refractivity contribution in [2.24, 2.45) is 7.05 Å². The molecule has 4 heteroatoms. The fourth-order valence-electron chi connectivity index (χ4n) is 2.41. The van der Waals surface area contributed by atoms with Crippen molar-refractivity contribution in [1.82, 2.24) is 20.3 Å². The van der Waals surface area contributed by atoms with Gasteiger partial charge in [0.15, 0.2) is 0 Å². The van der Waals surface area contributed by atoms with E-state index in [1.807, 2.05) is 13.2 Å². The van der Waals surface area contributed by atoms with Crippen molar-refractivity contribution in [2.75, 3.05) is 6.54 Å². The molecule has 0 bridgehead atoms. The average Bonchev–Trinajstić information content (AvgIpc) is 2.84. The summed E-state index contributed by atoms with van der Waals surface area (Å²) >= 11 is 0. The van der Waals surface area contributed by atoms with Crippen molar-refractivity contribution in [3.8, 4) is 0 Å². The standard InChI is InChI=1S/C16H24N4/c1-4-9-17-15(11-16-12-20(3)19-18-16)10-14-8-6-5-7-13(14)2/h5-8,12,15,17H,4,9-11H2,1-3H3. The molecular weight excluding hydrogens is 248 g/mol. The van der Waals surface area contributed by atoms with Crippen molar-refractivity contribution in [2.45, 2.75) is 39.2 Å². The molecule has 0 aliphatic heterocycles. The Balaban J connectivity index is 2.05. The first-order valence-electron chi connectivity index (χ1n) is 7.32. The summed E-state index contributed by atoms with van der Waals surface area (Å²) in [5, 5.41) is 11.8. The smallest absolute Gasteiger partial charge is 0.0842 e. The Morgan fingerprint density at radius 3 is 2.70 bits per heavy atom. The number of rotatable bonds is 7. The van der Waals surface area contributed by atoms with Gasteiger partial charge in [0, 0.05) is 25.7 Å². The van der Waals surface area contributed by atoms with Gasteiger partial charge in [0.2, 0.25) is 0 Å². The Morgan fingerprint density at radius 1 is 1.25 bits per heavy atom. The molecule has 1 N–H and O–H groups in total. The molecule has 1 aromatic heterocycles. The van der Waals surface area contributed by atoms with Crippen molar-refractivity contribution in [3.63, 3.8) is 0 Å². The number of nitrogens with zero attached hydrogens (tertiary/aromatic N) is 3. The van der Waals surface area contributed by atoms with E-state index >= 15 is 0 Å². The normalized spacial score (nSPS) is 12.6. The lowest BCUT2D eigenvalue weighted by Gasteiger charge is -2.18. The van der Waals surface area contributed by atoms with Crippen molar-refractivity contribution < 1.29 is 0 Å². The Bertz CT molecular complexity index is 533. The molecule has 0 fully saturated rings. The molecule has 1 aromatic carbocycles. The Morgan fingerprint density at radius 2 is 2.05 bits per heavy atom. The minimum atomic E-state index is 0.410. The maximum absolute atomic E-state index is 4.20. The number of nitrogens with one attached hydrogen (secondary N) is 1. The molecule has 0 spiro atoms. The molecule has 108 valence electrons. The zero-order chi connectivity index (χ0) is 14.4. The number of hydrogen-bond donors (Lipinski definition) is 1. The number of aromatic nitrogens is 3. The average molecular weight is 272 g/mol. The Hall–Kier alpha value is -1.68. The summed E-state index contributed by atoms with van der Waals surface area (Å²) in [4.78, 5) is 0. The predicted molar refractivity (Wildman–Crippen MR) is 81.7 cm³/mol. The van der Waals surface area contributed by atoms with Gasteiger partial charge in [-0.15, -0.1) is 5.10 Å². The lowest BCUT2D eigenvalue weighted by Crippen LogP contribution is -2.34. The molecule has 0 aliphatic carbocycles. The molecule has 0 aliphatic rings. The van der Waals surface area contributed by atoms with Gasteiger partial charge < -0.3 is 5.32 Å². The van der Waals surface area contributed by atoms with E-state index in [4.69, 9.17) is 0 Å². The Kier molecular flexibility index (Phi) is 5.30. The van der Waals surface area contributed by atoms with E-state index < -0.39 is 0 Å². The lowest BCUT2D eigenvalue weighted by atomic mass is 9.98. The van der Waals surface area contributed by atoms with Crippen molar-refractivity contribution in [1.29, 1.82) is 0 Å². The number of benzene rings is 1. The van der Waals surface area contributed by atoms with Gasteiger partial charge in [0.1, 0.15) is 0 Å². The lowest BCUT2D eigenvalue weighted by molar-refractivity contribution is 0.499. The van der Waals surface area contributed by atoms with Gasteiger partial charge in [-0.3, -0.25) is 4.68 Å². The zero-order valence-electron chi connectivity index (χ0n) is 12.6. The fraction of sp³-hybridized carbons (Fsp3) is 0.500. The predicted octanol–water partition coefficient (Wildman–Crippen LogP) is 2.28. The summed E-state index contributed by atoms with van der Waals surface area (Å²) in [6.45, 7) is 5.41. The minimum absolute atomic E-state index is 0.410. The summed E-state index contributed by atoms with van der Waals surface area (Å²) in [7, 11) is 1.91. The first-order chi connectivity index (χ1) is 9.69. The summed E-state index contributed by atoms with van der Waals surface area (Å²) in [6, 6.07) is 9.01. The van der Waals surface area contributed by atoms with Crippen LogP contribution in [0.5, 0.6) is 0 Å². The summed E-state index contributed by atoms with van der Waals surface area (Å²) < 4.78 is 1.76. The maximum atomic E-state index is 4.20. The number of aryl methyl sites for hydroxylation is 2. The zero-order valence-corrected chi connectivity index (χ0v) is 12.6. The second-order valence-electron chi connectivity index (χ2n) is 5.37. The van der Waals surface area contributed by atoms with Crippen LogP contribution in [-0.4, -0.2) is 27.6 Å². The van der Waals surface area contributed by atoms with E-state index in [9.17, 15) is 0 Å². The molecule has 4 nitrogen and oxygen atoms in total. The molecule has 0 saturated heterocycles. The monoisotopic (exact) mass is 272 g/mol. The molecule has 0 radical (unpaired) electrons. The highest BCUT2D eigenvalue weighted by molar-refractivity contribution is 5.26. The fourth-order valence-corrected chi connectivity index (χ4v) is 2.41. The van der Waals surface area contributed by atoms with Gasteiger partial charge in [-0.05, 0) is 37.4 Å². The van der Waals surface area contributed by atoms with Gasteiger partial charge in [-0.2, -0.15) is 0 Å². The van der Waals surface area contributed by atoms with Crippen LogP contribution >= 0.6 is 0 Å². The molecule has 20 heavy (non-hydrogen) atoms. The highest BCUT2D eigenvalue weighted by Crippen LogP contribution is 2.12. The summed E-state index contributed by atoms with van der Waals surface area (Å²) in [5.41, 5.74) is 3.81. The number of hydrogen-bond acceptors (Lipinski definition) is 3. The van der Waals surface area contributed by atoms with Crippen LogP contribution in [0, 0.1) is 6.92 Å². The molecule has 1 unspecified atom stereocenters. The van der Waals surface area contributed by atoms with E-state index in [-0.39, 0.29) is 0 Å². The van der Waals surface area contributed by atoms with E-state index in [0.29, 0.717) is 6.04 Å². The summed E-state index contributed by atoms with van der Waals surface area (Å²) in [6.07, 6.45) is 5.09. The second-order valence-corrected chi connectivity index (χ2v) is 5.37. The minimum Gasteiger partial charge on any atom is -0.313 e. The first kappa shape index (κ1) is 14.7. The van der Waals surface area contributed by atoms with Crippen molar-refractivity contribution in [3.05, 3.63) is 47.3 Å². The van der Waals surface area contributed by atoms with Crippen LogP contribution in [0.4, 0.5) is 0 Å². The van der Waals surface area contributed by atoms with Gasteiger partial charge in [-0.25, -0.2) is 0 Å². The van der Waals surface area contributed by atoms with Crippen LogP contribution in [-0.2, 0) is 19.9 Å². The molecule has 0 saturated carbocycles. The highest BCUT2D eigenvalue weighted by Gasteiger charge is 2.13. The molecule has 2 rings (SSSR count). The third-order valence-corrected chi connectivity index (χ3v) is 3.52. The second kappa shape index (κ2) is 7.20. The van der Waals surface area contributed by atoms with Gasteiger partial charge in [-0.1, -0.05) is 36.4 Å². The van der Waals surface area contributed by atoms with E-state index in [1.54, 1.807) is 4.68 Å². The van der Waals surface area contributed by atoms with Gasteiger partial charge in [0.25, 0.3) is 0 Å². The quantitative estimate of drug-likeness (QED) is 0.841. The van der Waals surface area contributed by atoms with E-state index in [0.717, 1.165) is 31.5 Å². The van der Waals surface area contributed by atoms with Crippen LogP contribution in [0.15, 0.2) is 30.5 Å². The SMILES string of the molecule is CCCNC(Cc1cn(C)nn1)Cc1ccccc1C. The maximum Gasteiger partial charge on any atom is 0.0842 e. The van der Waals surface area contributed by atoms with E-state index in [2.05, 4.69) is 53.7 Å². The van der Waals surface area contributed by atoms with Crippen LogP contribution in [0.1, 0.15) is 30.2 Å². The third-order valence-electron chi connectivity index (χ3n) is 3.52. The largest absolute Gasteiger partial charge is 0.313 e. The first-order valence-corrected chi connectivity index (χ1v) is 7.32. The van der Waals surface area contributed by atoms with Gasteiger partial charge >= 0.3 is 0 Å². The highest BCUT2D eigenvalue weighted by atomic mass is 15.4. The topological polar surface area (TPSA) is 42.7 Å². The Labute approximate surface area is 121 Å². The van der Waals surface area contributed by atoms with Gasteiger partial charge in [0.05, 0.1) is 5.69 Å². The van der Waals surface area contributed by atoms with Crippen LogP contribution in [0.3, 0.4) is 0 Å². The molecular formula is C16H24N4. The summed E-state index contributed by atoms with van der Waals surface area (Å²) in [5.74, 6) is 0. The third kappa shape index (κ3) is 4.17. The van der Waals surface area contributed by atoms with Crippen molar-refractivity contribution >= 4 is 0 Å². The molecule has 0 amide bonds. The molecule has 1 atom stereocenters. The van der Waals surface area contributed by atoms with Crippen LogP contribution in [0.2, 0.25) is 0 Å². The van der Waals surface area contributed by atoms with Crippen LogP contribution in [0.25, 0.3) is 0 Å².